The van der Waals surface area contributed by atoms with E-state index in [1.54, 1.807) is 0 Å². The highest BCUT2D eigenvalue weighted by atomic mass is 16.1. The molecule has 0 radical (unpaired) electrons. The zero-order chi connectivity index (χ0) is 18.7. The number of hydrogen-bond donors (Lipinski definition) is 0. The van der Waals surface area contributed by atoms with E-state index in [-0.39, 0.29) is 5.41 Å². The minimum Gasteiger partial charge on any atom is -0.303 e. The van der Waals surface area contributed by atoms with Crippen LogP contribution in [0.3, 0.4) is 0 Å². The van der Waals surface area contributed by atoms with E-state index in [0.717, 1.165) is 5.92 Å². The molecule has 2 fully saturated rings. The summed E-state index contributed by atoms with van der Waals surface area (Å²) in [6.45, 7) is 4.73. The van der Waals surface area contributed by atoms with Crippen molar-refractivity contribution < 1.29 is 4.79 Å². The van der Waals surface area contributed by atoms with E-state index in [9.17, 15) is 4.79 Å². The van der Waals surface area contributed by atoms with Crippen LogP contribution in [0.25, 0.3) is 0 Å². The van der Waals surface area contributed by atoms with Crippen LogP contribution in [0.1, 0.15) is 129 Å². The van der Waals surface area contributed by atoms with Gasteiger partial charge < -0.3 is 4.79 Å². The van der Waals surface area contributed by atoms with Gasteiger partial charge in [0.15, 0.2) is 0 Å². The third-order valence-electron chi connectivity index (χ3n) is 7.82. The largest absolute Gasteiger partial charge is 0.303 e. The van der Waals surface area contributed by atoms with Crippen LogP contribution in [0.4, 0.5) is 0 Å². The molecule has 152 valence electrons. The molecule has 0 spiro atoms. The molecule has 2 aliphatic carbocycles. The molecule has 26 heavy (non-hydrogen) atoms. The number of hydrogen-bond acceptors (Lipinski definition) is 1. The number of aldehydes is 1. The van der Waals surface area contributed by atoms with Crippen molar-refractivity contribution in [3.05, 3.63) is 0 Å². The number of unbranched alkanes of at least 4 members (excludes halogenated alkanes) is 4. The highest BCUT2D eigenvalue weighted by Crippen LogP contribution is 2.51. The molecular weight excluding hydrogens is 316 g/mol. The van der Waals surface area contributed by atoms with Gasteiger partial charge in [-0.05, 0) is 56.3 Å². The second kappa shape index (κ2) is 12.2. The van der Waals surface area contributed by atoms with Crippen LogP contribution in [0, 0.1) is 23.2 Å². The molecule has 1 unspecified atom stereocenters. The van der Waals surface area contributed by atoms with Crippen LogP contribution < -0.4 is 0 Å². The van der Waals surface area contributed by atoms with Crippen molar-refractivity contribution in [2.75, 3.05) is 0 Å². The first kappa shape index (κ1) is 22.0. The van der Waals surface area contributed by atoms with E-state index in [0.29, 0.717) is 11.8 Å². The van der Waals surface area contributed by atoms with Crippen LogP contribution in [-0.2, 0) is 4.79 Å². The van der Waals surface area contributed by atoms with Crippen molar-refractivity contribution in [1.82, 2.24) is 0 Å². The molecule has 0 saturated heterocycles. The summed E-state index contributed by atoms with van der Waals surface area (Å²) in [4.78, 5) is 12.6. The minimum absolute atomic E-state index is 0.0251. The van der Waals surface area contributed by atoms with Crippen LogP contribution in [-0.4, -0.2) is 6.29 Å². The Morgan fingerprint density at radius 1 is 0.808 bits per heavy atom. The van der Waals surface area contributed by atoms with Gasteiger partial charge in [-0.15, -0.1) is 0 Å². The molecule has 0 aromatic heterocycles. The summed E-state index contributed by atoms with van der Waals surface area (Å²) < 4.78 is 0. The van der Waals surface area contributed by atoms with E-state index >= 15 is 0 Å². The summed E-state index contributed by atoms with van der Waals surface area (Å²) in [5.41, 5.74) is 0.0251. The number of rotatable bonds is 12. The molecule has 2 aliphatic rings. The number of carbonyl (C=O) groups is 1. The second-order valence-corrected chi connectivity index (χ2v) is 9.75. The van der Waals surface area contributed by atoms with Gasteiger partial charge in [-0.25, -0.2) is 0 Å². The first-order chi connectivity index (χ1) is 12.7. The van der Waals surface area contributed by atoms with Crippen LogP contribution in [0.15, 0.2) is 0 Å². The Morgan fingerprint density at radius 2 is 1.35 bits per heavy atom. The first-order valence-corrected chi connectivity index (χ1v) is 12.2. The summed E-state index contributed by atoms with van der Waals surface area (Å²) in [5.74, 6) is 2.17. The molecule has 0 aliphatic heterocycles. The quantitative estimate of drug-likeness (QED) is 0.253. The number of carbonyl (C=O) groups excluding carboxylic acids is 1. The molecule has 1 atom stereocenters. The molecule has 1 heteroatoms. The van der Waals surface area contributed by atoms with Gasteiger partial charge in [0.05, 0.1) is 0 Å². The fourth-order valence-electron chi connectivity index (χ4n) is 6.01. The Labute approximate surface area is 164 Å². The summed E-state index contributed by atoms with van der Waals surface area (Å²) in [5, 5.41) is 0. The molecule has 0 N–H and O–H groups in total. The SMILES string of the molecule is CCCCCCCC(C)CCC(C=O)(C1CCCCC1)C1CCCCC1. The Bertz CT molecular complexity index is 344. The predicted molar refractivity (Wildman–Crippen MR) is 113 cm³/mol. The van der Waals surface area contributed by atoms with Crippen molar-refractivity contribution in [2.45, 2.75) is 129 Å². The summed E-state index contributed by atoms with van der Waals surface area (Å²) in [6, 6.07) is 0. The normalized spacial score (nSPS) is 21.6. The highest BCUT2D eigenvalue weighted by Gasteiger charge is 2.45. The molecule has 0 amide bonds. The lowest BCUT2D eigenvalue weighted by molar-refractivity contribution is -0.126. The molecule has 2 saturated carbocycles. The van der Waals surface area contributed by atoms with Crippen LogP contribution in [0.5, 0.6) is 0 Å². The van der Waals surface area contributed by atoms with Crippen LogP contribution >= 0.6 is 0 Å². The van der Waals surface area contributed by atoms with E-state index in [1.807, 2.05) is 0 Å². The molecule has 0 bridgehead atoms. The highest BCUT2D eigenvalue weighted by molar-refractivity contribution is 5.61. The predicted octanol–water partition coefficient (Wildman–Crippen LogP) is 8.11. The standard InChI is InChI=1S/C25H46O/c1-3-4-5-6-9-14-22(2)19-20-25(21-26,23-15-10-7-11-16-23)24-17-12-8-13-18-24/h21-24H,3-20H2,1-2H3. The van der Waals surface area contributed by atoms with Gasteiger partial charge in [0.25, 0.3) is 0 Å². The summed E-state index contributed by atoms with van der Waals surface area (Å²) >= 11 is 0. The molecule has 0 heterocycles. The van der Waals surface area contributed by atoms with Crippen molar-refractivity contribution in [3.63, 3.8) is 0 Å². The van der Waals surface area contributed by atoms with E-state index < -0.39 is 0 Å². The zero-order valence-corrected chi connectivity index (χ0v) is 17.9. The summed E-state index contributed by atoms with van der Waals surface area (Å²) in [6.07, 6.45) is 25.8. The smallest absolute Gasteiger partial charge is 0.126 e. The molecule has 1 nitrogen and oxygen atoms in total. The monoisotopic (exact) mass is 362 g/mol. The zero-order valence-electron chi connectivity index (χ0n) is 17.9. The van der Waals surface area contributed by atoms with Gasteiger partial charge in [0.2, 0.25) is 0 Å². The Morgan fingerprint density at radius 3 is 1.85 bits per heavy atom. The topological polar surface area (TPSA) is 17.1 Å². The Kier molecular flexibility index (Phi) is 10.3. The lowest BCUT2D eigenvalue weighted by Crippen LogP contribution is -2.42. The van der Waals surface area contributed by atoms with Gasteiger partial charge in [-0.2, -0.15) is 0 Å². The van der Waals surface area contributed by atoms with Crippen LogP contribution in [0.2, 0.25) is 0 Å². The van der Waals surface area contributed by atoms with Crippen molar-refractivity contribution >= 4 is 6.29 Å². The Hall–Kier alpha value is -0.330. The maximum absolute atomic E-state index is 12.6. The molecule has 0 aromatic carbocycles. The van der Waals surface area contributed by atoms with Gasteiger partial charge in [-0.1, -0.05) is 90.9 Å². The van der Waals surface area contributed by atoms with Gasteiger partial charge in [0, 0.05) is 5.41 Å². The third kappa shape index (κ3) is 6.38. The lowest BCUT2D eigenvalue weighted by Gasteiger charge is -2.46. The first-order valence-electron chi connectivity index (χ1n) is 12.2. The van der Waals surface area contributed by atoms with Crippen molar-refractivity contribution in [2.24, 2.45) is 23.2 Å². The molecular formula is C25H46O. The third-order valence-corrected chi connectivity index (χ3v) is 7.82. The van der Waals surface area contributed by atoms with Gasteiger partial charge >= 0.3 is 0 Å². The van der Waals surface area contributed by atoms with Crippen molar-refractivity contribution in [3.8, 4) is 0 Å². The van der Waals surface area contributed by atoms with Gasteiger partial charge in [-0.3, -0.25) is 0 Å². The van der Waals surface area contributed by atoms with E-state index in [4.69, 9.17) is 0 Å². The fraction of sp³-hybridized carbons (Fsp3) is 0.960. The van der Waals surface area contributed by atoms with Gasteiger partial charge in [0.1, 0.15) is 6.29 Å². The summed E-state index contributed by atoms with van der Waals surface area (Å²) in [7, 11) is 0. The lowest BCUT2D eigenvalue weighted by atomic mass is 9.57. The Balaban J connectivity index is 1.91. The van der Waals surface area contributed by atoms with E-state index in [2.05, 4.69) is 13.8 Å². The molecule has 0 aromatic rings. The van der Waals surface area contributed by atoms with Crippen molar-refractivity contribution in [1.29, 1.82) is 0 Å². The maximum Gasteiger partial charge on any atom is 0.126 e. The average Bonchev–Trinajstić information content (AvgIpc) is 2.70. The fourth-order valence-corrected chi connectivity index (χ4v) is 6.01. The van der Waals surface area contributed by atoms with E-state index in [1.165, 1.54) is 122 Å². The minimum atomic E-state index is 0.0251. The average molecular weight is 363 g/mol. The second-order valence-electron chi connectivity index (χ2n) is 9.75. The molecule has 2 rings (SSSR count). The maximum atomic E-state index is 12.6.